The van der Waals surface area contributed by atoms with Gasteiger partial charge < -0.3 is 4.90 Å². The summed E-state index contributed by atoms with van der Waals surface area (Å²) in [6.07, 6.45) is 0. The molecule has 50 heavy (non-hydrogen) atoms. The van der Waals surface area contributed by atoms with Gasteiger partial charge in [0.25, 0.3) is 0 Å². The lowest BCUT2D eigenvalue weighted by Crippen LogP contribution is -2.09. The second-order valence-electron chi connectivity index (χ2n) is 12.5. The Bertz CT molecular complexity index is 2500. The van der Waals surface area contributed by atoms with Crippen molar-refractivity contribution < 1.29 is 0 Å². The van der Waals surface area contributed by atoms with Crippen molar-refractivity contribution in [1.29, 1.82) is 0 Å². The van der Waals surface area contributed by atoms with E-state index in [1.165, 1.54) is 27.6 Å². The van der Waals surface area contributed by atoms with E-state index in [0.29, 0.717) is 0 Å². The molecule has 0 amide bonds. The first kappa shape index (κ1) is 29.4. The summed E-state index contributed by atoms with van der Waals surface area (Å²) in [6.45, 7) is 0. The molecule has 3 heteroatoms. The zero-order valence-electron chi connectivity index (χ0n) is 27.4. The lowest BCUT2D eigenvalue weighted by Gasteiger charge is -2.25. The zero-order valence-corrected chi connectivity index (χ0v) is 27.4. The van der Waals surface area contributed by atoms with E-state index in [1.54, 1.807) is 0 Å². The Kier molecular flexibility index (Phi) is 7.49. The van der Waals surface area contributed by atoms with Gasteiger partial charge in [-0.25, -0.2) is 4.98 Å². The molecule has 1 heterocycles. The maximum absolute atomic E-state index is 5.25. The third kappa shape index (κ3) is 5.41. The summed E-state index contributed by atoms with van der Waals surface area (Å²) in [7, 11) is 0. The SMILES string of the molecule is c1ccc(N(c2ccccc2)c2ccc(-c3ccc(-c4ccc(-c5nc6c7ccccc7ccc6n5-c5ccccc5)cc4)cc3)cc2)cc1. The Morgan fingerprint density at radius 1 is 0.360 bits per heavy atom. The van der Waals surface area contributed by atoms with Crippen LogP contribution in [0.4, 0.5) is 17.1 Å². The van der Waals surface area contributed by atoms with Crippen molar-refractivity contribution in [2.75, 3.05) is 4.90 Å². The summed E-state index contributed by atoms with van der Waals surface area (Å²) in [5.74, 6) is 0.936. The topological polar surface area (TPSA) is 21.1 Å². The number of rotatable bonds is 7. The van der Waals surface area contributed by atoms with Crippen molar-refractivity contribution in [2.24, 2.45) is 0 Å². The molecule has 9 rings (SSSR count). The molecule has 9 aromatic rings. The Balaban J connectivity index is 1.01. The number of aromatic nitrogens is 2. The van der Waals surface area contributed by atoms with Crippen molar-refractivity contribution >= 4 is 38.9 Å². The Hall–Kier alpha value is -6.71. The summed E-state index contributed by atoms with van der Waals surface area (Å²) in [5, 5.41) is 2.36. The predicted octanol–water partition coefficient (Wildman–Crippen LogP) is 12.6. The van der Waals surface area contributed by atoms with E-state index in [0.717, 1.165) is 50.6 Å². The molecule has 0 unspecified atom stereocenters. The van der Waals surface area contributed by atoms with Crippen molar-refractivity contribution in [2.45, 2.75) is 0 Å². The highest BCUT2D eigenvalue weighted by Crippen LogP contribution is 2.37. The second-order valence-corrected chi connectivity index (χ2v) is 12.5. The number of fused-ring (bicyclic) bond motifs is 3. The highest BCUT2D eigenvalue weighted by Gasteiger charge is 2.17. The van der Waals surface area contributed by atoms with Gasteiger partial charge in [0.1, 0.15) is 5.82 Å². The number of anilines is 3. The maximum atomic E-state index is 5.25. The molecule has 0 saturated carbocycles. The molecule has 0 spiro atoms. The summed E-state index contributed by atoms with van der Waals surface area (Å²) >= 11 is 0. The largest absolute Gasteiger partial charge is 0.311 e. The van der Waals surface area contributed by atoms with E-state index in [-0.39, 0.29) is 0 Å². The van der Waals surface area contributed by atoms with Crippen LogP contribution < -0.4 is 4.90 Å². The Morgan fingerprint density at radius 2 is 0.800 bits per heavy atom. The fourth-order valence-corrected chi connectivity index (χ4v) is 6.91. The van der Waals surface area contributed by atoms with E-state index in [2.05, 4.69) is 210 Å². The average Bonchev–Trinajstić information content (AvgIpc) is 3.60. The van der Waals surface area contributed by atoms with Gasteiger partial charge in [-0.15, -0.1) is 0 Å². The van der Waals surface area contributed by atoms with E-state index >= 15 is 0 Å². The number of imidazole rings is 1. The predicted molar refractivity (Wildman–Crippen MR) is 210 cm³/mol. The molecule has 1 aromatic heterocycles. The monoisotopic (exact) mass is 639 g/mol. The van der Waals surface area contributed by atoms with Crippen molar-refractivity contribution in [3.63, 3.8) is 0 Å². The van der Waals surface area contributed by atoms with Gasteiger partial charge in [0.15, 0.2) is 0 Å². The second kappa shape index (κ2) is 12.7. The van der Waals surface area contributed by atoms with Crippen LogP contribution >= 0.6 is 0 Å². The van der Waals surface area contributed by atoms with Crippen LogP contribution in [-0.4, -0.2) is 9.55 Å². The molecule has 0 atom stereocenters. The minimum absolute atomic E-state index is 0.936. The first-order valence-corrected chi connectivity index (χ1v) is 17.0. The van der Waals surface area contributed by atoms with Crippen molar-refractivity contribution in [1.82, 2.24) is 9.55 Å². The fraction of sp³-hybridized carbons (Fsp3) is 0. The van der Waals surface area contributed by atoms with Gasteiger partial charge in [0.05, 0.1) is 11.0 Å². The van der Waals surface area contributed by atoms with Crippen LogP contribution in [0, 0.1) is 0 Å². The number of para-hydroxylation sites is 3. The molecule has 0 aliphatic heterocycles. The first-order valence-electron chi connectivity index (χ1n) is 17.0. The number of hydrogen-bond donors (Lipinski definition) is 0. The Labute approximate surface area is 292 Å². The van der Waals surface area contributed by atoms with Gasteiger partial charge >= 0.3 is 0 Å². The summed E-state index contributed by atoms with van der Waals surface area (Å²) in [4.78, 5) is 7.53. The van der Waals surface area contributed by atoms with Crippen LogP contribution in [0.3, 0.4) is 0 Å². The number of benzene rings is 8. The molecular formula is C47H33N3. The number of nitrogens with zero attached hydrogens (tertiary/aromatic N) is 3. The van der Waals surface area contributed by atoms with Gasteiger partial charge in [-0.2, -0.15) is 0 Å². The average molecular weight is 640 g/mol. The molecule has 0 N–H and O–H groups in total. The zero-order chi connectivity index (χ0) is 33.3. The first-order chi connectivity index (χ1) is 24.8. The highest BCUT2D eigenvalue weighted by molar-refractivity contribution is 6.06. The van der Waals surface area contributed by atoms with Crippen molar-refractivity contribution in [3.05, 3.63) is 200 Å². The quantitative estimate of drug-likeness (QED) is 0.173. The Morgan fingerprint density at radius 3 is 1.36 bits per heavy atom. The molecule has 0 saturated heterocycles. The van der Waals surface area contributed by atoms with Gasteiger partial charge in [-0.3, -0.25) is 4.57 Å². The molecule has 3 nitrogen and oxygen atoms in total. The molecule has 8 aromatic carbocycles. The van der Waals surface area contributed by atoms with Gasteiger partial charge in [-0.1, -0.05) is 146 Å². The van der Waals surface area contributed by atoms with E-state index in [1.807, 2.05) is 0 Å². The molecule has 0 aliphatic rings. The fourth-order valence-electron chi connectivity index (χ4n) is 6.91. The highest BCUT2D eigenvalue weighted by atomic mass is 15.1. The minimum atomic E-state index is 0.936. The standard InChI is InChI=1S/C47H33N3/c1-4-13-40(14-5-1)49(41-15-6-2-7-16-41)43-31-28-37(29-32-43)35-22-20-34(21-23-35)36-24-26-39(27-25-36)47-48-46-44-19-11-10-12-38(44)30-33-45(46)50(47)42-17-8-3-9-18-42/h1-33H. The van der Waals surface area contributed by atoms with Crippen LogP contribution in [-0.2, 0) is 0 Å². The summed E-state index contributed by atoms with van der Waals surface area (Å²) in [5.41, 5.74) is 12.4. The van der Waals surface area contributed by atoms with E-state index in [4.69, 9.17) is 4.98 Å². The third-order valence-electron chi connectivity index (χ3n) is 9.41. The van der Waals surface area contributed by atoms with Crippen LogP contribution in [0.15, 0.2) is 200 Å². The van der Waals surface area contributed by atoms with Crippen molar-refractivity contribution in [3.8, 4) is 39.3 Å². The maximum Gasteiger partial charge on any atom is 0.145 e. The minimum Gasteiger partial charge on any atom is -0.311 e. The summed E-state index contributed by atoms with van der Waals surface area (Å²) < 4.78 is 2.27. The van der Waals surface area contributed by atoms with Crippen LogP contribution in [0.1, 0.15) is 0 Å². The summed E-state index contributed by atoms with van der Waals surface area (Å²) in [6, 6.07) is 70.8. The van der Waals surface area contributed by atoms with E-state index in [9.17, 15) is 0 Å². The lowest BCUT2D eigenvalue weighted by atomic mass is 9.99. The number of hydrogen-bond acceptors (Lipinski definition) is 2. The van der Waals surface area contributed by atoms with Gasteiger partial charge in [0, 0.05) is 33.7 Å². The van der Waals surface area contributed by atoms with Crippen LogP contribution in [0.5, 0.6) is 0 Å². The molecule has 0 aliphatic carbocycles. The molecule has 0 radical (unpaired) electrons. The van der Waals surface area contributed by atoms with Gasteiger partial charge in [0.2, 0.25) is 0 Å². The molecular weight excluding hydrogens is 607 g/mol. The van der Waals surface area contributed by atoms with Crippen LogP contribution in [0.2, 0.25) is 0 Å². The van der Waals surface area contributed by atoms with Gasteiger partial charge in [-0.05, 0) is 82.2 Å². The third-order valence-corrected chi connectivity index (χ3v) is 9.41. The normalized spacial score (nSPS) is 11.2. The molecule has 0 bridgehead atoms. The van der Waals surface area contributed by atoms with Crippen LogP contribution in [0.25, 0.3) is 61.1 Å². The molecule has 236 valence electrons. The van der Waals surface area contributed by atoms with E-state index < -0.39 is 0 Å². The molecule has 0 fully saturated rings. The lowest BCUT2D eigenvalue weighted by molar-refractivity contribution is 1.10. The smallest absolute Gasteiger partial charge is 0.145 e.